The molecule has 154 valence electrons. The first-order valence-electron chi connectivity index (χ1n) is 9.15. The summed E-state index contributed by atoms with van der Waals surface area (Å²) in [6.07, 6.45) is 0.873. The van der Waals surface area contributed by atoms with Crippen molar-refractivity contribution in [3.63, 3.8) is 0 Å². The molecule has 2 aromatic heterocycles. The number of rotatable bonds is 7. The predicted octanol–water partition coefficient (Wildman–Crippen LogP) is 3.83. The van der Waals surface area contributed by atoms with Gasteiger partial charge < -0.3 is 19.2 Å². The predicted molar refractivity (Wildman–Crippen MR) is 114 cm³/mol. The highest BCUT2D eigenvalue weighted by molar-refractivity contribution is 7.14. The maximum absolute atomic E-state index is 12.3. The summed E-state index contributed by atoms with van der Waals surface area (Å²) in [5, 5.41) is 5.18. The Morgan fingerprint density at radius 1 is 1.17 bits per heavy atom. The number of ether oxygens (including phenoxy) is 2. The molecule has 0 radical (unpaired) electrons. The number of aryl methyl sites for hydroxylation is 1. The molecule has 0 aliphatic carbocycles. The molecule has 0 bridgehead atoms. The molecule has 2 heterocycles. The number of methoxy groups -OCH3 is 2. The summed E-state index contributed by atoms with van der Waals surface area (Å²) in [4.78, 5) is 30.7. The van der Waals surface area contributed by atoms with Crippen LogP contribution in [0.4, 0.5) is 5.13 Å². The quantitative estimate of drug-likeness (QED) is 0.466. The van der Waals surface area contributed by atoms with Crippen molar-refractivity contribution in [2.75, 3.05) is 19.5 Å². The molecule has 0 spiro atoms. The molecule has 0 atom stereocenters. The highest BCUT2D eigenvalue weighted by Gasteiger charge is 2.11. The van der Waals surface area contributed by atoms with Crippen molar-refractivity contribution >= 4 is 33.5 Å². The van der Waals surface area contributed by atoms with Gasteiger partial charge in [-0.3, -0.25) is 9.78 Å². The lowest BCUT2D eigenvalue weighted by molar-refractivity contribution is -0.116. The van der Waals surface area contributed by atoms with Crippen molar-refractivity contribution in [2.45, 2.75) is 12.8 Å². The zero-order valence-corrected chi connectivity index (χ0v) is 17.2. The van der Waals surface area contributed by atoms with Crippen molar-refractivity contribution in [2.24, 2.45) is 0 Å². The van der Waals surface area contributed by atoms with Gasteiger partial charge >= 0.3 is 5.76 Å². The van der Waals surface area contributed by atoms with Crippen molar-refractivity contribution in [1.29, 1.82) is 0 Å². The van der Waals surface area contributed by atoms with Crippen molar-refractivity contribution < 1.29 is 18.7 Å². The van der Waals surface area contributed by atoms with Gasteiger partial charge in [0.05, 0.1) is 25.4 Å². The molecule has 0 aliphatic heterocycles. The Hall–Kier alpha value is -3.59. The molecule has 0 saturated carbocycles. The molecule has 2 N–H and O–H groups in total. The number of oxazole rings is 1. The van der Waals surface area contributed by atoms with Crippen LogP contribution >= 0.6 is 11.3 Å². The highest BCUT2D eigenvalue weighted by Crippen LogP contribution is 2.29. The number of aromatic amines is 1. The number of aromatic nitrogens is 2. The fraction of sp³-hybridized carbons (Fsp3) is 0.190. The van der Waals surface area contributed by atoms with Crippen molar-refractivity contribution in [1.82, 2.24) is 9.97 Å². The molecule has 30 heavy (non-hydrogen) atoms. The molecule has 4 aromatic rings. The molecule has 0 saturated heterocycles. The monoisotopic (exact) mass is 425 g/mol. The topological polar surface area (TPSA) is 106 Å². The van der Waals surface area contributed by atoms with Crippen LogP contribution in [0.3, 0.4) is 0 Å². The van der Waals surface area contributed by atoms with Crippen LogP contribution in [-0.4, -0.2) is 30.1 Å². The van der Waals surface area contributed by atoms with Crippen LogP contribution in [0, 0.1) is 0 Å². The number of amides is 1. The lowest BCUT2D eigenvalue weighted by Crippen LogP contribution is -2.12. The van der Waals surface area contributed by atoms with Crippen LogP contribution in [0.25, 0.3) is 22.4 Å². The maximum Gasteiger partial charge on any atom is 0.417 e. The first-order valence-corrected chi connectivity index (χ1v) is 10.0. The molecule has 2 aromatic carbocycles. The summed E-state index contributed by atoms with van der Waals surface area (Å²) in [5.74, 6) is 0.661. The van der Waals surface area contributed by atoms with Crippen molar-refractivity contribution in [3.8, 4) is 22.8 Å². The first kappa shape index (κ1) is 19.7. The van der Waals surface area contributed by atoms with Crippen molar-refractivity contribution in [3.05, 3.63) is 57.9 Å². The molecular formula is C21H19N3O5S. The second kappa shape index (κ2) is 8.42. The minimum absolute atomic E-state index is 0.127. The minimum Gasteiger partial charge on any atom is -0.493 e. The summed E-state index contributed by atoms with van der Waals surface area (Å²) < 4.78 is 15.6. The van der Waals surface area contributed by atoms with E-state index in [1.54, 1.807) is 26.4 Å². The van der Waals surface area contributed by atoms with E-state index in [4.69, 9.17) is 13.9 Å². The van der Waals surface area contributed by atoms with E-state index < -0.39 is 5.76 Å². The number of hydrogen-bond acceptors (Lipinski definition) is 7. The van der Waals surface area contributed by atoms with E-state index >= 15 is 0 Å². The van der Waals surface area contributed by atoms with E-state index in [2.05, 4.69) is 15.3 Å². The van der Waals surface area contributed by atoms with Gasteiger partial charge in [-0.25, -0.2) is 9.78 Å². The maximum atomic E-state index is 12.3. The van der Waals surface area contributed by atoms with Gasteiger partial charge in [0.25, 0.3) is 0 Å². The average Bonchev–Trinajstić information content (AvgIpc) is 3.36. The second-order valence-electron chi connectivity index (χ2n) is 6.50. The van der Waals surface area contributed by atoms with Gasteiger partial charge in [-0.1, -0.05) is 12.1 Å². The number of thiazole rings is 1. The summed E-state index contributed by atoms with van der Waals surface area (Å²) in [7, 11) is 3.16. The highest BCUT2D eigenvalue weighted by atomic mass is 32.1. The lowest BCUT2D eigenvalue weighted by Gasteiger charge is -2.09. The Morgan fingerprint density at radius 2 is 2.00 bits per heavy atom. The number of nitrogens with one attached hydrogen (secondary N) is 2. The number of hydrogen-bond donors (Lipinski definition) is 2. The van der Waals surface area contributed by atoms with E-state index in [1.165, 1.54) is 11.3 Å². The summed E-state index contributed by atoms with van der Waals surface area (Å²) >= 11 is 1.34. The van der Waals surface area contributed by atoms with E-state index in [-0.39, 0.29) is 5.91 Å². The molecule has 0 fully saturated rings. The largest absolute Gasteiger partial charge is 0.493 e. The first-order chi connectivity index (χ1) is 14.6. The number of benzene rings is 2. The van der Waals surface area contributed by atoms with Crippen LogP contribution in [0.2, 0.25) is 0 Å². The van der Waals surface area contributed by atoms with Gasteiger partial charge in [-0.2, -0.15) is 0 Å². The smallest absolute Gasteiger partial charge is 0.417 e. The summed E-state index contributed by atoms with van der Waals surface area (Å²) in [5.41, 5.74) is 3.56. The van der Waals surface area contributed by atoms with Crippen LogP contribution in [0.1, 0.15) is 12.0 Å². The van der Waals surface area contributed by atoms with E-state index in [0.717, 1.165) is 11.1 Å². The summed E-state index contributed by atoms with van der Waals surface area (Å²) in [6.45, 7) is 0. The van der Waals surface area contributed by atoms with Crippen LogP contribution in [-0.2, 0) is 11.2 Å². The van der Waals surface area contributed by atoms with Gasteiger partial charge in [0.2, 0.25) is 5.91 Å². The summed E-state index contributed by atoms with van der Waals surface area (Å²) in [6, 6.07) is 10.9. The van der Waals surface area contributed by atoms with E-state index in [1.807, 2.05) is 29.6 Å². The standard InChI is InChI=1S/C21H19N3O5S/c1-27-16-7-3-12(9-18(16)28-2)4-8-19(25)24-20-22-15(11-30-20)13-5-6-14-17(10-13)29-21(26)23-14/h3,5-7,9-11H,4,8H2,1-2H3,(H,23,26)(H,22,24,25). The fourth-order valence-electron chi connectivity index (χ4n) is 3.04. The molecule has 0 unspecified atom stereocenters. The average molecular weight is 425 g/mol. The minimum atomic E-state index is -0.497. The third kappa shape index (κ3) is 4.20. The SMILES string of the molecule is COc1ccc(CCC(=O)Nc2nc(-c3ccc4[nH]c(=O)oc4c3)cs2)cc1OC. The van der Waals surface area contributed by atoms with Gasteiger partial charge in [0.1, 0.15) is 0 Å². The third-order valence-corrected chi connectivity index (χ3v) is 5.31. The Kier molecular flexibility index (Phi) is 5.53. The lowest BCUT2D eigenvalue weighted by atomic mass is 10.1. The van der Waals surface area contributed by atoms with Gasteiger partial charge in [-0.05, 0) is 36.2 Å². The van der Waals surface area contributed by atoms with Gasteiger partial charge in [-0.15, -0.1) is 11.3 Å². The number of anilines is 1. The van der Waals surface area contributed by atoms with E-state index in [0.29, 0.717) is 46.3 Å². The zero-order valence-electron chi connectivity index (χ0n) is 16.4. The zero-order chi connectivity index (χ0) is 21.1. The second-order valence-corrected chi connectivity index (χ2v) is 7.36. The van der Waals surface area contributed by atoms with E-state index in [9.17, 15) is 9.59 Å². The Morgan fingerprint density at radius 3 is 2.80 bits per heavy atom. The Balaban J connectivity index is 1.39. The van der Waals surface area contributed by atoms with Crippen LogP contribution < -0.4 is 20.5 Å². The van der Waals surface area contributed by atoms with Gasteiger partial charge in [0, 0.05) is 17.4 Å². The number of fused-ring (bicyclic) bond motifs is 1. The molecular weight excluding hydrogens is 406 g/mol. The Labute approximate surface area is 175 Å². The molecule has 8 nitrogen and oxygen atoms in total. The Bertz CT molecular complexity index is 1260. The number of carbonyl (C=O) groups excluding carboxylic acids is 1. The number of H-pyrrole nitrogens is 1. The number of nitrogens with zero attached hydrogens (tertiary/aromatic N) is 1. The molecule has 9 heteroatoms. The normalized spacial score (nSPS) is 10.9. The molecule has 4 rings (SSSR count). The molecule has 0 aliphatic rings. The number of carbonyl (C=O) groups is 1. The third-order valence-electron chi connectivity index (χ3n) is 4.56. The fourth-order valence-corrected chi connectivity index (χ4v) is 3.78. The molecule has 1 amide bonds. The van der Waals surface area contributed by atoms with Gasteiger partial charge in [0.15, 0.2) is 22.2 Å². The van der Waals surface area contributed by atoms with Crippen LogP contribution in [0.15, 0.2) is 51.0 Å². The van der Waals surface area contributed by atoms with Crippen LogP contribution in [0.5, 0.6) is 11.5 Å².